The van der Waals surface area contributed by atoms with Crippen LogP contribution in [0.2, 0.25) is 5.02 Å². The third-order valence-corrected chi connectivity index (χ3v) is 3.88. The summed E-state index contributed by atoms with van der Waals surface area (Å²) in [6, 6.07) is 7.62. The predicted molar refractivity (Wildman–Crippen MR) is 87.0 cm³/mol. The average Bonchev–Trinajstić information content (AvgIpc) is 2.48. The second kappa shape index (κ2) is 7.81. The van der Waals surface area contributed by atoms with Crippen molar-refractivity contribution < 1.29 is 19.0 Å². The first-order valence-corrected chi connectivity index (χ1v) is 7.85. The molecule has 0 amide bonds. The fourth-order valence-corrected chi connectivity index (χ4v) is 2.73. The summed E-state index contributed by atoms with van der Waals surface area (Å²) in [5.41, 5.74) is 1.38. The number of aliphatic hydroxyl groups excluding tert-OH is 1. The minimum atomic E-state index is -0.391. The molecule has 3 nitrogen and oxygen atoms in total. The van der Waals surface area contributed by atoms with E-state index in [0.717, 1.165) is 0 Å². The topological polar surface area (TPSA) is 38.7 Å². The molecule has 6 heteroatoms. The fraction of sp³-hybridized carbons (Fsp3) is 0.250. The summed E-state index contributed by atoms with van der Waals surface area (Å²) >= 11 is 9.39. The third-order valence-electron chi connectivity index (χ3n) is 2.94. The molecule has 0 aliphatic heterocycles. The molecule has 0 aliphatic rings. The van der Waals surface area contributed by atoms with Gasteiger partial charge in [-0.15, -0.1) is 0 Å². The second-order valence-electron chi connectivity index (χ2n) is 4.52. The van der Waals surface area contributed by atoms with Gasteiger partial charge >= 0.3 is 0 Å². The van der Waals surface area contributed by atoms with Crippen LogP contribution in [-0.2, 0) is 13.2 Å². The van der Waals surface area contributed by atoms with Gasteiger partial charge in [0.05, 0.1) is 22.7 Å². The zero-order valence-corrected chi connectivity index (χ0v) is 14.2. The summed E-state index contributed by atoms with van der Waals surface area (Å²) in [5, 5.41) is 9.55. The molecule has 0 radical (unpaired) electrons. The van der Waals surface area contributed by atoms with Crippen molar-refractivity contribution in [2.75, 3.05) is 6.61 Å². The summed E-state index contributed by atoms with van der Waals surface area (Å²) in [6.07, 6.45) is 0. The lowest BCUT2D eigenvalue weighted by molar-refractivity contribution is 0.262. The van der Waals surface area contributed by atoms with E-state index in [4.69, 9.17) is 21.1 Å². The molecule has 0 heterocycles. The van der Waals surface area contributed by atoms with Gasteiger partial charge in [0.2, 0.25) is 0 Å². The van der Waals surface area contributed by atoms with Crippen molar-refractivity contribution in [2.45, 2.75) is 20.1 Å². The maximum atomic E-state index is 13.0. The van der Waals surface area contributed by atoms with Crippen LogP contribution in [0.1, 0.15) is 18.1 Å². The Morgan fingerprint density at radius 3 is 2.64 bits per heavy atom. The van der Waals surface area contributed by atoms with Crippen LogP contribution in [0, 0.1) is 5.82 Å². The van der Waals surface area contributed by atoms with Gasteiger partial charge in [-0.3, -0.25) is 0 Å². The van der Waals surface area contributed by atoms with Crippen LogP contribution in [0.25, 0.3) is 0 Å². The number of aliphatic hydroxyl groups is 1. The maximum absolute atomic E-state index is 13.0. The van der Waals surface area contributed by atoms with E-state index < -0.39 is 5.82 Å². The molecule has 0 aromatic heterocycles. The van der Waals surface area contributed by atoms with E-state index in [0.29, 0.717) is 38.7 Å². The molecule has 0 aliphatic carbocycles. The molecule has 0 unspecified atom stereocenters. The molecular weight excluding hydrogens is 375 g/mol. The third kappa shape index (κ3) is 4.12. The molecule has 0 saturated heterocycles. The van der Waals surface area contributed by atoms with Gasteiger partial charge in [-0.05, 0) is 52.7 Å². The highest BCUT2D eigenvalue weighted by Gasteiger charge is 2.13. The normalized spacial score (nSPS) is 10.6. The van der Waals surface area contributed by atoms with Gasteiger partial charge in [0.1, 0.15) is 12.4 Å². The van der Waals surface area contributed by atoms with Gasteiger partial charge in [-0.25, -0.2) is 4.39 Å². The highest BCUT2D eigenvalue weighted by molar-refractivity contribution is 9.10. The van der Waals surface area contributed by atoms with Crippen LogP contribution in [0.5, 0.6) is 11.5 Å². The van der Waals surface area contributed by atoms with Crippen molar-refractivity contribution in [3.05, 3.63) is 56.8 Å². The Morgan fingerprint density at radius 1 is 1.23 bits per heavy atom. The van der Waals surface area contributed by atoms with Crippen LogP contribution >= 0.6 is 27.5 Å². The van der Waals surface area contributed by atoms with E-state index in [1.54, 1.807) is 18.2 Å². The molecule has 2 rings (SSSR count). The number of hydrogen-bond donors (Lipinski definition) is 1. The maximum Gasteiger partial charge on any atom is 0.175 e. The molecule has 0 atom stereocenters. The van der Waals surface area contributed by atoms with Crippen LogP contribution in [0.15, 0.2) is 34.8 Å². The highest BCUT2D eigenvalue weighted by atomic mass is 79.9. The lowest BCUT2D eigenvalue weighted by atomic mass is 10.2. The van der Waals surface area contributed by atoms with Crippen molar-refractivity contribution in [2.24, 2.45) is 0 Å². The molecular formula is C16H15BrClFO3. The van der Waals surface area contributed by atoms with Crippen LogP contribution < -0.4 is 9.47 Å². The molecule has 22 heavy (non-hydrogen) atoms. The second-order valence-corrected chi connectivity index (χ2v) is 5.78. The first-order chi connectivity index (χ1) is 10.5. The quantitative estimate of drug-likeness (QED) is 0.777. The van der Waals surface area contributed by atoms with Gasteiger partial charge < -0.3 is 14.6 Å². The largest absolute Gasteiger partial charge is 0.490 e. The van der Waals surface area contributed by atoms with Crippen molar-refractivity contribution in [1.29, 1.82) is 0 Å². The van der Waals surface area contributed by atoms with Gasteiger partial charge in [0.15, 0.2) is 11.5 Å². The van der Waals surface area contributed by atoms with Crippen molar-refractivity contribution in [3.8, 4) is 11.5 Å². The van der Waals surface area contributed by atoms with E-state index >= 15 is 0 Å². The lowest BCUT2D eigenvalue weighted by Gasteiger charge is -2.15. The summed E-state index contributed by atoms with van der Waals surface area (Å²) in [6.45, 7) is 2.41. The Bertz CT molecular complexity index is 664. The smallest absolute Gasteiger partial charge is 0.175 e. The number of ether oxygens (including phenoxy) is 2. The Kier molecular flexibility index (Phi) is 6.06. The van der Waals surface area contributed by atoms with Gasteiger partial charge in [0, 0.05) is 5.56 Å². The number of rotatable bonds is 6. The highest BCUT2D eigenvalue weighted by Crippen LogP contribution is 2.37. The van der Waals surface area contributed by atoms with Crippen molar-refractivity contribution >= 4 is 27.5 Å². The minimum absolute atomic E-state index is 0.0945. The van der Waals surface area contributed by atoms with Crippen molar-refractivity contribution in [1.82, 2.24) is 0 Å². The molecule has 0 spiro atoms. The predicted octanol–water partition coefficient (Wildman–Crippen LogP) is 4.71. The molecule has 0 saturated carbocycles. The average molecular weight is 390 g/mol. The van der Waals surface area contributed by atoms with E-state index in [-0.39, 0.29) is 13.2 Å². The van der Waals surface area contributed by atoms with Gasteiger partial charge in [-0.1, -0.05) is 17.7 Å². The number of benzene rings is 2. The van der Waals surface area contributed by atoms with E-state index in [1.165, 1.54) is 12.1 Å². The standard InChI is InChI=1S/C16H15BrClFO3/c1-2-21-15-6-10(8-20)5-13(17)16(15)22-9-11-3-4-12(19)7-14(11)18/h3-7,20H,2,8-9H2,1H3. The Morgan fingerprint density at radius 2 is 2.00 bits per heavy atom. The Labute approximate surface area is 141 Å². The number of hydrogen-bond acceptors (Lipinski definition) is 3. The lowest BCUT2D eigenvalue weighted by Crippen LogP contribution is -2.02. The molecule has 0 fully saturated rings. The van der Waals surface area contributed by atoms with Crippen molar-refractivity contribution in [3.63, 3.8) is 0 Å². The molecule has 2 aromatic carbocycles. The zero-order valence-electron chi connectivity index (χ0n) is 11.9. The molecule has 118 valence electrons. The molecule has 1 N–H and O–H groups in total. The Balaban J connectivity index is 2.24. The summed E-state index contributed by atoms with van der Waals surface area (Å²) < 4.78 is 25.0. The van der Waals surface area contributed by atoms with Gasteiger partial charge in [0.25, 0.3) is 0 Å². The first-order valence-electron chi connectivity index (χ1n) is 6.68. The van der Waals surface area contributed by atoms with Crippen LogP contribution in [0.4, 0.5) is 4.39 Å². The summed E-state index contributed by atoms with van der Waals surface area (Å²) in [4.78, 5) is 0. The molecule has 0 bridgehead atoms. The Hall–Kier alpha value is -1.30. The van der Waals surface area contributed by atoms with Crippen LogP contribution in [-0.4, -0.2) is 11.7 Å². The first kappa shape index (κ1) is 17.1. The number of halogens is 3. The van der Waals surface area contributed by atoms with E-state index in [9.17, 15) is 9.50 Å². The SMILES string of the molecule is CCOc1cc(CO)cc(Br)c1OCc1ccc(F)cc1Cl. The fourth-order valence-electron chi connectivity index (χ4n) is 1.90. The van der Waals surface area contributed by atoms with Crippen LogP contribution in [0.3, 0.4) is 0 Å². The monoisotopic (exact) mass is 388 g/mol. The zero-order chi connectivity index (χ0) is 16.1. The molecule has 2 aromatic rings. The minimum Gasteiger partial charge on any atom is -0.490 e. The summed E-state index contributed by atoms with van der Waals surface area (Å²) in [5.74, 6) is 0.649. The van der Waals surface area contributed by atoms with E-state index in [1.807, 2.05) is 6.92 Å². The summed E-state index contributed by atoms with van der Waals surface area (Å²) in [7, 11) is 0. The van der Waals surface area contributed by atoms with E-state index in [2.05, 4.69) is 15.9 Å². The van der Waals surface area contributed by atoms with Gasteiger partial charge in [-0.2, -0.15) is 0 Å².